The predicted molar refractivity (Wildman–Crippen MR) is 68.4 cm³/mol. The molecule has 0 N–H and O–H groups in total. The van der Waals surface area contributed by atoms with Crippen LogP contribution in [-0.2, 0) is 9.47 Å². The molecule has 0 aromatic carbocycles. The number of esters is 2. The van der Waals surface area contributed by atoms with E-state index in [0.29, 0.717) is 0 Å². The largest absolute Gasteiger partial charge is 0.456 e. The standard InChI is InChI=1S/C14H20O6/c1-14(2,3)18-13(16)11-10(19-20-11)12(15)17-9-7-5-4-6-8-9/h9H,4-8H2,1-3H3. The molecule has 20 heavy (non-hydrogen) atoms. The fraction of sp³-hybridized carbons (Fsp3) is 0.714. The van der Waals surface area contributed by atoms with Crippen LogP contribution in [-0.4, -0.2) is 23.6 Å². The highest BCUT2D eigenvalue weighted by atomic mass is 17.0. The Bertz CT molecular complexity index is 470. The minimum atomic E-state index is -0.723. The third-order valence-electron chi connectivity index (χ3n) is 3.01. The molecule has 6 heteroatoms. The number of carbonyl (C=O) groups is 2. The summed E-state index contributed by atoms with van der Waals surface area (Å²) in [7, 11) is 0. The van der Waals surface area contributed by atoms with Gasteiger partial charge in [-0.15, -0.1) is 0 Å². The summed E-state index contributed by atoms with van der Waals surface area (Å²) in [6.07, 6.45) is 4.86. The normalized spacial score (nSPS) is 16.9. The number of carbonyl (C=O) groups excluding carboxylic acids is 2. The van der Waals surface area contributed by atoms with Gasteiger partial charge in [-0.2, -0.15) is 0 Å². The van der Waals surface area contributed by atoms with E-state index in [2.05, 4.69) is 9.15 Å². The third-order valence-corrected chi connectivity index (χ3v) is 3.01. The zero-order valence-electron chi connectivity index (χ0n) is 12.1. The lowest BCUT2D eigenvalue weighted by molar-refractivity contribution is -0.0580. The molecule has 0 atom stereocenters. The van der Waals surface area contributed by atoms with Crippen LogP contribution in [0.15, 0.2) is 9.15 Å². The maximum Gasteiger partial charge on any atom is 0.384 e. The average molecular weight is 284 g/mol. The van der Waals surface area contributed by atoms with E-state index in [1.807, 2.05) is 0 Å². The maximum absolute atomic E-state index is 11.9. The third kappa shape index (κ3) is 3.65. The van der Waals surface area contributed by atoms with Crippen molar-refractivity contribution in [3.05, 3.63) is 11.5 Å². The Labute approximate surface area is 117 Å². The van der Waals surface area contributed by atoms with Crippen molar-refractivity contribution in [2.45, 2.75) is 64.6 Å². The van der Waals surface area contributed by atoms with Crippen molar-refractivity contribution in [2.75, 3.05) is 0 Å². The molecule has 2 rings (SSSR count). The van der Waals surface area contributed by atoms with Gasteiger partial charge in [-0.25, -0.2) is 9.59 Å². The molecule has 1 fully saturated rings. The molecule has 1 aromatic heterocycles. The SMILES string of the molecule is CC(C)(C)OC(=O)c1ooc1C(=O)OC1CCCCC1. The molecule has 1 saturated carbocycles. The van der Waals surface area contributed by atoms with Crippen LogP contribution >= 0.6 is 0 Å². The van der Waals surface area contributed by atoms with Crippen molar-refractivity contribution in [1.82, 2.24) is 0 Å². The smallest absolute Gasteiger partial charge is 0.384 e. The second kappa shape index (κ2) is 5.73. The molecule has 0 bridgehead atoms. The Morgan fingerprint density at radius 2 is 1.55 bits per heavy atom. The van der Waals surface area contributed by atoms with Gasteiger partial charge in [0.25, 0.3) is 0 Å². The van der Waals surface area contributed by atoms with Gasteiger partial charge < -0.3 is 9.47 Å². The van der Waals surface area contributed by atoms with E-state index >= 15 is 0 Å². The Morgan fingerprint density at radius 3 is 2.05 bits per heavy atom. The summed E-state index contributed by atoms with van der Waals surface area (Å²) < 4.78 is 19.6. The van der Waals surface area contributed by atoms with E-state index in [1.165, 1.54) is 6.42 Å². The first-order valence-corrected chi connectivity index (χ1v) is 6.90. The zero-order chi connectivity index (χ0) is 14.8. The molecule has 0 unspecified atom stereocenters. The van der Waals surface area contributed by atoms with Gasteiger partial charge in [0, 0.05) is 0 Å². The van der Waals surface area contributed by atoms with E-state index in [0.717, 1.165) is 25.7 Å². The molecule has 0 radical (unpaired) electrons. The molecule has 0 aliphatic heterocycles. The van der Waals surface area contributed by atoms with Gasteiger partial charge >= 0.3 is 23.5 Å². The van der Waals surface area contributed by atoms with Gasteiger partial charge in [0.2, 0.25) is 0 Å². The van der Waals surface area contributed by atoms with Gasteiger partial charge in [0.05, 0.1) is 0 Å². The summed E-state index contributed by atoms with van der Waals surface area (Å²) in [6.45, 7) is 5.18. The van der Waals surface area contributed by atoms with Gasteiger partial charge in [0.15, 0.2) is 0 Å². The Balaban J connectivity index is 1.94. The van der Waals surface area contributed by atoms with Crippen LogP contribution in [0.2, 0.25) is 0 Å². The molecule has 0 saturated heterocycles. The Morgan fingerprint density at radius 1 is 1.00 bits per heavy atom. The molecule has 1 heterocycles. The Hall–Kier alpha value is -1.72. The summed E-state index contributed by atoms with van der Waals surface area (Å²) in [5.41, 5.74) is -0.665. The van der Waals surface area contributed by atoms with E-state index in [1.54, 1.807) is 20.8 Å². The van der Waals surface area contributed by atoms with Crippen LogP contribution in [0.4, 0.5) is 0 Å². The average Bonchev–Trinajstić information content (AvgIpc) is 2.25. The molecular formula is C14H20O6. The van der Waals surface area contributed by atoms with Crippen molar-refractivity contribution in [3.63, 3.8) is 0 Å². The molecule has 0 spiro atoms. The van der Waals surface area contributed by atoms with Crippen molar-refractivity contribution in [2.24, 2.45) is 0 Å². The minimum absolute atomic E-state index is 0.104. The number of hydrogen-bond acceptors (Lipinski definition) is 6. The summed E-state index contributed by atoms with van der Waals surface area (Å²) in [5.74, 6) is -1.81. The zero-order valence-corrected chi connectivity index (χ0v) is 12.1. The van der Waals surface area contributed by atoms with E-state index in [4.69, 9.17) is 9.47 Å². The van der Waals surface area contributed by atoms with E-state index in [9.17, 15) is 9.59 Å². The number of rotatable bonds is 3. The number of ether oxygens (including phenoxy) is 2. The van der Waals surface area contributed by atoms with Crippen molar-refractivity contribution in [1.29, 1.82) is 0 Å². The van der Waals surface area contributed by atoms with Crippen LogP contribution in [0.1, 0.15) is 74.0 Å². The topological polar surface area (TPSA) is 78.9 Å². The van der Waals surface area contributed by atoms with E-state index in [-0.39, 0.29) is 17.6 Å². The lowest BCUT2D eigenvalue weighted by Gasteiger charge is -2.22. The summed E-state index contributed by atoms with van der Waals surface area (Å²) in [6, 6.07) is 0. The quantitative estimate of drug-likeness (QED) is 0.625. The van der Waals surface area contributed by atoms with Crippen molar-refractivity contribution >= 4 is 11.9 Å². The summed E-state index contributed by atoms with van der Waals surface area (Å²) in [4.78, 5) is 23.6. The second-order valence-electron chi connectivity index (χ2n) is 5.99. The predicted octanol–water partition coefficient (Wildman–Crippen LogP) is 3.32. The van der Waals surface area contributed by atoms with Crippen LogP contribution < -0.4 is 0 Å². The lowest BCUT2D eigenvalue weighted by Crippen LogP contribution is -2.27. The van der Waals surface area contributed by atoms with Gasteiger partial charge in [0.1, 0.15) is 11.7 Å². The molecule has 1 aliphatic carbocycles. The van der Waals surface area contributed by atoms with Crippen molar-refractivity contribution in [3.8, 4) is 0 Å². The fourth-order valence-electron chi connectivity index (χ4n) is 2.09. The molecule has 1 aliphatic rings. The minimum Gasteiger partial charge on any atom is -0.456 e. The van der Waals surface area contributed by atoms with Gasteiger partial charge in [-0.05, 0) is 46.5 Å². The lowest BCUT2D eigenvalue weighted by atomic mass is 9.98. The van der Waals surface area contributed by atoms with Gasteiger partial charge in [-0.1, -0.05) is 6.42 Å². The van der Waals surface area contributed by atoms with Crippen LogP contribution in [0.5, 0.6) is 0 Å². The van der Waals surface area contributed by atoms with Crippen LogP contribution in [0, 0.1) is 0 Å². The first kappa shape index (κ1) is 14.7. The van der Waals surface area contributed by atoms with Gasteiger partial charge in [-0.3, -0.25) is 9.15 Å². The Kier molecular flexibility index (Phi) is 4.20. The maximum atomic E-state index is 11.9. The summed E-state index contributed by atoms with van der Waals surface area (Å²) in [5, 5.41) is 0. The first-order valence-electron chi connectivity index (χ1n) is 6.90. The van der Waals surface area contributed by atoms with Crippen molar-refractivity contribution < 1.29 is 28.2 Å². The highest BCUT2D eigenvalue weighted by Gasteiger charge is 2.35. The number of hydrogen-bond donors (Lipinski definition) is 0. The second-order valence-corrected chi connectivity index (χ2v) is 5.99. The van der Waals surface area contributed by atoms with Crippen LogP contribution in [0.25, 0.3) is 0 Å². The molecule has 0 amide bonds. The van der Waals surface area contributed by atoms with Crippen LogP contribution in [0.3, 0.4) is 0 Å². The summed E-state index contributed by atoms with van der Waals surface area (Å²) >= 11 is 0. The fourth-order valence-corrected chi connectivity index (χ4v) is 2.09. The first-order chi connectivity index (χ1) is 9.37. The highest BCUT2D eigenvalue weighted by Crippen LogP contribution is 2.24. The van der Waals surface area contributed by atoms with E-state index < -0.39 is 17.5 Å². The molecule has 6 nitrogen and oxygen atoms in total. The molecular weight excluding hydrogens is 264 g/mol. The molecule has 1 aromatic rings. The monoisotopic (exact) mass is 284 g/mol. The highest BCUT2D eigenvalue weighted by molar-refractivity contribution is 5.99. The molecule has 112 valence electrons.